The number of guanidine groups is 1. The molecule has 0 aliphatic carbocycles. The third-order valence-electron chi connectivity index (χ3n) is 2.80. The quantitative estimate of drug-likeness (QED) is 0.265. The van der Waals surface area contributed by atoms with E-state index in [2.05, 4.69) is 22.5 Å². The number of amides is 1. The Kier molecular flexibility index (Phi) is 13.7. The molecule has 0 saturated carbocycles. The Hall–Kier alpha value is -0.740. The van der Waals surface area contributed by atoms with Crippen molar-refractivity contribution in [3.63, 3.8) is 0 Å². The fourth-order valence-corrected chi connectivity index (χ4v) is 1.63. The van der Waals surface area contributed by atoms with Crippen LogP contribution in [0.3, 0.4) is 0 Å². The van der Waals surface area contributed by atoms with Gasteiger partial charge in [0.2, 0.25) is 5.91 Å². The van der Waals surface area contributed by atoms with Crippen LogP contribution in [0.15, 0.2) is 4.99 Å². The Morgan fingerprint density at radius 2 is 1.82 bits per heavy atom. The minimum Gasteiger partial charge on any atom is -0.356 e. The van der Waals surface area contributed by atoms with Gasteiger partial charge < -0.3 is 15.5 Å². The minimum absolute atomic E-state index is 0. The maximum atomic E-state index is 12.1. The van der Waals surface area contributed by atoms with Gasteiger partial charge in [0.1, 0.15) is 6.54 Å². The van der Waals surface area contributed by atoms with Crippen LogP contribution >= 0.6 is 24.0 Å². The van der Waals surface area contributed by atoms with E-state index in [1.165, 1.54) is 0 Å². The smallest absolute Gasteiger partial charge is 0.356 e. The molecule has 132 valence electrons. The molecule has 22 heavy (non-hydrogen) atoms. The van der Waals surface area contributed by atoms with Crippen molar-refractivity contribution in [1.82, 2.24) is 15.5 Å². The SMILES string of the molecule is CCCCCCNC(=NC)NCC(=O)N(C)CC(F)(F)F.I. The van der Waals surface area contributed by atoms with Crippen molar-refractivity contribution in [2.24, 2.45) is 4.99 Å². The van der Waals surface area contributed by atoms with Gasteiger partial charge in [-0.2, -0.15) is 13.2 Å². The molecular weight excluding hydrogens is 412 g/mol. The monoisotopic (exact) mass is 438 g/mol. The molecule has 0 aromatic rings. The fourth-order valence-electron chi connectivity index (χ4n) is 1.63. The molecule has 0 aliphatic heterocycles. The number of nitrogens with zero attached hydrogens (tertiary/aromatic N) is 2. The molecule has 0 fully saturated rings. The summed E-state index contributed by atoms with van der Waals surface area (Å²) in [5, 5.41) is 5.72. The van der Waals surface area contributed by atoms with E-state index in [0.29, 0.717) is 17.4 Å². The summed E-state index contributed by atoms with van der Waals surface area (Å²) in [5.41, 5.74) is 0. The van der Waals surface area contributed by atoms with E-state index in [9.17, 15) is 18.0 Å². The van der Waals surface area contributed by atoms with Gasteiger partial charge in [-0.1, -0.05) is 26.2 Å². The summed E-state index contributed by atoms with van der Waals surface area (Å²) in [7, 11) is 2.67. The molecule has 1 amide bonds. The first-order valence-corrected chi connectivity index (χ1v) is 7.05. The molecule has 2 N–H and O–H groups in total. The summed E-state index contributed by atoms with van der Waals surface area (Å²) in [6.45, 7) is 1.36. The summed E-state index contributed by atoms with van der Waals surface area (Å²) in [4.78, 5) is 16.1. The molecule has 5 nitrogen and oxygen atoms in total. The van der Waals surface area contributed by atoms with E-state index in [4.69, 9.17) is 0 Å². The molecule has 0 aromatic carbocycles. The van der Waals surface area contributed by atoms with Crippen molar-refractivity contribution in [2.45, 2.75) is 38.8 Å². The van der Waals surface area contributed by atoms with Crippen LogP contribution in [0.4, 0.5) is 13.2 Å². The number of alkyl halides is 3. The molecule has 0 radical (unpaired) electrons. The van der Waals surface area contributed by atoms with Crippen molar-refractivity contribution in [1.29, 1.82) is 0 Å². The Balaban J connectivity index is 0. The van der Waals surface area contributed by atoms with Crippen LogP contribution in [-0.2, 0) is 4.79 Å². The second kappa shape index (κ2) is 12.8. The van der Waals surface area contributed by atoms with E-state index >= 15 is 0 Å². The highest BCUT2D eigenvalue weighted by Crippen LogP contribution is 2.15. The minimum atomic E-state index is -4.39. The maximum absolute atomic E-state index is 12.1. The molecule has 0 heterocycles. The molecule has 0 bridgehead atoms. The lowest BCUT2D eigenvalue weighted by atomic mass is 10.2. The van der Waals surface area contributed by atoms with Crippen molar-refractivity contribution in [3.8, 4) is 0 Å². The third kappa shape index (κ3) is 13.0. The molecular formula is C13H26F3IN4O. The van der Waals surface area contributed by atoms with Crippen LogP contribution in [0, 0.1) is 0 Å². The van der Waals surface area contributed by atoms with Crippen LogP contribution < -0.4 is 10.6 Å². The molecule has 9 heteroatoms. The second-order valence-electron chi connectivity index (χ2n) is 4.78. The van der Waals surface area contributed by atoms with E-state index in [1.54, 1.807) is 7.05 Å². The Labute approximate surface area is 147 Å². The van der Waals surface area contributed by atoms with E-state index in [0.717, 1.165) is 32.7 Å². The number of likely N-dealkylation sites (N-methyl/N-ethyl adjacent to an activating group) is 1. The summed E-state index contributed by atoms with van der Waals surface area (Å²) >= 11 is 0. The van der Waals surface area contributed by atoms with Crippen molar-refractivity contribution >= 4 is 35.8 Å². The first kappa shape index (κ1) is 23.5. The number of carbonyl (C=O) groups is 1. The number of hydrogen-bond donors (Lipinski definition) is 2. The molecule has 0 unspecified atom stereocenters. The predicted molar refractivity (Wildman–Crippen MR) is 92.6 cm³/mol. The number of aliphatic imine (C=N–C) groups is 1. The van der Waals surface area contributed by atoms with Gasteiger partial charge in [-0.15, -0.1) is 24.0 Å². The normalized spacial score (nSPS) is 11.6. The molecule has 0 rings (SSSR count). The van der Waals surface area contributed by atoms with Crippen molar-refractivity contribution in [2.75, 3.05) is 33.7 Å². The predicted octanol–water partition coefficient (Wildman–Crippen LogP) is 2.37. The first-order valence-electron chi connectivity index (χ1n) is 7.05. The van der Waals surface area contributed by atoms with Crippen LogP contribution in [-0.4, -0.2) is 56.7 Å². The van der Waals surface area contributed by atoms with Gasteiger partial charge in [0, 0.05) is 20.6 Å². The van der Waals surface area contributed by atoms with Crippen molar-refractivity contribution < 1.29 is 18.0 Å². The Morgan fingerprint density at radius 3 is 2.32 bits per heavy atom. The molecule has 0 atom stereocenters. The summed E-state index contributed by atoms with van der Waals surface area (Å²) in [6.07, 6.45) is 0.00920. The number of halogens is 4. The Bertz CT molecular complexity index is 338. The lowest BCUT2D eigenvalue weighted by molar-refractivity contribution is -0.157. The van der Waals surface area contributed by atoms with Gasteiger partial charge in [-0.3, -0.25) is 9.79 Å². The summed E-state index contributed by atoms with van der Waals surface area (Å²) in [6, 6.07) is 0. The molecule has 0 aromatic heterocycles. The third-order valence-corrected chi connectivity index (χ3v) is 2.80. The van der Waals surface area contributed by atoms with Crippen molar-refractivity contribution in [3.05, 3.63) is 0 Å². The van der Waals surface area contributed by atoms with Gasteiger partial charge in [0.15, 0.2) is 5.96 Å². The van der Waals surface area contributed by atoms with Crippen LogP contribution in [0.1, 0.15) is 32.6 Å². The second-order valence-corrected chi connectivity index (χ2v) is 4.78. The number of hydrogen-bond acceptors (Lipinski definition) is 2. The maximum Gasteiger partial charge on any atom is 0.406 e. The standard InChI is InChI=1S/C13H25F3N4O.HI/c1-4-5-6-7-8-18-12(17-2)19-9-11(21)20(3)10-13(14,15)16;/h4-10H2,1-3H3,(H2,17,18,19);1H. The lowest BCUT2D eigenvalue weighted by Gasteiger charge is -2.20. The zero-order valence-electron chi connectivity index (χ0n) is 13.3. The molecule has 0 aliphatic rings. The van der Waals surface area contributed by atoms with E-state index < -0.39 is 18.6 Å². The Morgan fingerprint density at radius 1 is 1.18 bits per heavy atom. The average Bonchev–Trinajstić information content (AvgIpc) is 2.39. The topological polar surface area (TPSA) is 56.7 Å². The van der Waals surface area contributed by atoms with Gasteiger partial charge >= 0.3 is 6.18 Å². The molecule has 0 spiro atoms. The van der Waals surface area contributed by atoms with Crippen LogP contribution in [0.25, 0.3) is 0 Å². The highest BCUT2D eigenvalue weighted by Gasteiger charge is 2.31. The number of rotatable bonds is 8. The first-order chi connectivity index (χ1) is 9.80. The zero-order valence-corrected chi connectivity index (χ0v) is 15.6. The van der Waals surface area contributed by atoms with Crippen LogP contribution in [0.2, 0.25) is 0 Å². The summed E-state index contributed by atoms with van der Waals surface area (Å²) in [5.74, 6) is -0.221. The number of unbranched alkanes of at least 4 members (excludes halogenated alkanes) is 3. The van der Waals surface area contributed by atoms with Gasteiger partial charge in [0.05, 0.1) is 6.54 Å². The van der Waals surface area contributed by atoms with E-state index in [1.807, 2.05) is 0 Å². The average molecular weight is 438 g/mol. The molecule has 0 saturated heterocycles. The van der Waals surface area contributed by atoms with E-state index in [-0.39, 0.29) is 30.5 Å². The zero-order chi connectivity index (χ0) is 16.3. The van der Waals surface area contributed by atoms with Gasteiger partial charge in [0.25, 0.3) is 0 Å². The highest BCUT2D eigenvalue weighted by molar-refractivity contribution is 14.0. The van der Waals surface area contributed by atoms with Crippen LogP contribution in [0.5, 0.6) is 0 Å². The van der Waals surface area contributed by atoms with Gasteiger partial charge in [-0.05, 0) is 6.42 Å². The lowest BCUT2D eigenvalue weighted by Crippen LogP contribution is -2.45. The highest BCUT2D eigenvalue weighted by atomic mass is 127. The number of carbonyl (C=O) groups excluding carboxylic acids is 1. The fraction of sp³-hybridized carbons (Fsp3) is 0.846. The van der Waals surface area contributed by atoms with Gasteiger partial charge in [-0.25, -0.2) is 0 Å². The number of nitrogens with one attached hydrogen (secondary N) is 2. The summed E-state index contributed by atoms with van der Waals surface area (Å²) < 4.78 is 36.4. The largest absolute Gasteiger partial charge is 0.406 e.